The molecule has 3 unspecified atom stereocenters. The molecule has 9 heteroatoms. The molecular formula is C23H30N6O2S. The Hall–Kier alpha value is -2.36. The van der Waals surface area contributed by atoms with E-state index in [0.717, 1.165) is 76.7 Å². The van der Waals surface area contributed by atoms with Crippen molar-refractivity contribution in [2.45, 2.75) is 58.0 Å². The minimum atomic E-state index is 0.225. The number of nitrogens with one attached hydrogen (secondary N) is 2. The average molecular weight is 455 g/mol. The van der Waals surface area contributed by atoms with Crippen molar-refractivity contribution in [1.82, 2.24) is 19.9 Å². The van der Waals surface area contributed by atoms with Gasteiger partial charge in [0.1, 0.15) is 16.3 Å². The van der Waals surface area contributed by atoms with E-state index < -0.39 is 0 Å². The molecule has 3 N–H and O–H groups in total. The highest BCUT2D eigenvalue weighted by Crippen LogP contribution is 2.38. The van der Waals surface area contributed by atoms with E-state index in [-0.39, 0.29) is 18.7 Å². The summed E-state index contributed by atoms with van der Waals surface area (Å²) in [5, 5.41) is 17.6. The van der Waals surface area contributed by atoms with Crippen molar-refractivity contribution in [3.8, 4) is 10.6 Å². The third-order valence-electron chi connectivity index (χ3n) is 6.43. The number of hydrogen-bond acceptors (Lipinski definition) is 9. The van der Waals surface area contributed by atoms with Crippen molar-refractivity contribution in [2.24, 2.45) is 5.92 Å². The van der Waals surface area contributed by atoms with Crippen LogP contribution in [0.15, 0.2) is 12.3 Å². The van der Waals surface area contributed by atoms with Crippen LogP contribution in [0.5, 0.6) is 0 Å². The molecule has 0 bridgehead atoms. The van der Waals surface area contributed by atoms with Gasteiger partial charge in [0.25, 0.3) is 0 Å². The fraction of sp³-hybridized carbons (Fsp3) is 0.565. The highest BCUT2D eigenvalue weighted by Gasteiger charge is 2.27. The predicted molar refractivity (Wildman–Crippen MR) is 127 cm³/mol. The Labute approximate surface area is 191 Å². The van der Waals surface area contributed by atoms with Crippen molar-refractivity contribution >= 4 is 33.3 Å². The Kier molecular flexibility index (Phi) is 6.21. The summed E-state index contributed by atoms with van der Waals surface area (Å²) in [6.45, 7) is 5.75. The molecule has 0 spiro atoms. The molecule has 5 rings (SSSR count). The maximum atomic E-state index is 9.57. The van der Waals surface area contributed by atoms with E-state index >= 15 is 0 Å². The summed E-state index contributed by atoms with van der Waals surface area (Å²) in [6.07, 6.45) is 6.93. The third-order valence-corrected chi connectivity index (χ3v) is 7.47. The van der Waals surface area contributed by atoms with Crippen LogP contribution in [0, 0.1) is 19.8 Å². The zero-order chi connectivity index (χ0) is 22.1. The average Bonchev–Trinajstić information content (AvgIpc) is 3.42. The topological polar surface area (TPSA) is 105 Å². The van der Waals surface area contributed by atoms with Crippen LogP contribution in [0.25, 0.3) is 20.8 Å². The number of nitrogens with zero attached hydrogens (tertiary/aromatic N) is 4. The number of pyridine rings is 1. The van der Waals surface area contributed by atoms with E-state index in [2.05, 4.69) is 15.6 Å². The maximum absolute atomic E-state index is 9.57. The summed E-state index contributed by atoms with van der Waals surface area (Å²) >= 11 is 1.65. The van der Waals surface area contributed by atoms with Gasteiger partial charge in [0.15, 0.2) is 0 Å². The van der Waals surface area contributed by atoms with Crippen LogP contribution in [0.3, 0.4) is 0 Å². The van der Waals surface area contributed by atoms with Gasteiger partial charge in [-0.15, -0.1) is 11.3 Å². The first-order valence-electron chi connectivity index (χ1n) is 11.4. The first-order chi connectivity index (χ1) is 15.6. The molecule has 3 atom stereocenters. The zero-order valence-corrected chi connectivity index (χ0v) is 19.4. The number of rotatable bonds is 6. The molecule has 2 aliphatic rings. The Morgan fingerprint density at radius 3 is 2.75 bits per heavy atom. The molecule has 1 saturated carbocycles. The Balaban J connectivity index is 1.52. The summed E-state index contributed by atoms with van der Waals surface area (Å²) in [6, 6.07) is 2.52. The lowest BCUT2D eigenvalue weighted by Crippen LogP contribution is -2.31. The van der Waals surface area contributed by atoms with Gasteiger partial charge in [-0.25, -0.2) is 9.97 Å². The smallest absolute Gasteiger partial charge is 0.225 e. The van der Waals surface area contributed by atoms with E-state index in [4.69, 9.17) is 19.7 Å². The summed E-state index contributed by atoms with van der Waals surface area (Å²) in [5.74, 6) is 1.79. The first kappa shape index (κ1) is 21.5. The van der Waals surface area contributed by atoms with Crippen LogP contribution in [0.4, 0.5) is 11.8 Å². The van der Waals surface area contributed by atoms with Crippen LogP contribution in [0.2, 0.25) is 0 Å². The zero-order valence-electron chi connectivity index (χ0n) is 18.6. The summed E-state index contributed by atoms with van der Waals surface area (Å²) in [7, 11) is 0. The fourth-order valence-corrected chi connectivity index (χ4v) is 5.80. The van der Waals surface area contributed by atoms with Gasteiger partial charge in [-0.3, -0.25) is 4.98 Å². The van der Waals surface area contributed by atoms with E-state index in [1.165, 1.54) is 0 Å². The minimum Gasteiger partial charge on any atom is -0.396 e. The lowest BCUT2D eigenvalue weighted by molar-refractivity contribution is 0.0874. The van der Waals surface area contributed by atoms with Gasteiger partial charge in [-0.2, -0.15) is 4.98 Å². The molecule has 8 nitrogen and oxygen atoms in total. The fourth-order valence-electron chi connectivity index (χ4n) is 4.69. The molecule has 0 amide bonds. The number of anilines is 2. The second kappa shape index (κ2) is 9.25. The molecule has 1 aliphatic carbocycles. The van der Waals surface area contributed by atoms with Crippen LogP contribution >= 0.6 is 11.3 Å². The van der Waals surface area contributed by atoms with E-state index in [1.807, 2.05) is 26.1 Å². The van der Waals surface area contributed by atoms with Gasteiger partial charge in [0.2, 0.25) is 5.95 Å². The van der Waals surface area contributed by atoms with Gasteiger partial charge in [-0.05, 0) is 57.9 Å². The van der Waals surface area contributed by atoms with Crippen LogP contribution < -0.4 is 10.6 Å². The SMILES string of the molecule is Cc1nc(NC2CCCOC2)nc(NC2CCC(CO)C2)c1-c1nc2c(C)nccc2s1. The lowest BCUT2D eigenvalue weighted by Gasteiger charge is -2.24. The molecule has 32 heavy (non-hydrogen) atoms. The number of fused-ring (bicyclic) bond motifs is 1. The largest absolute Gasteiger partial charge is 0.396 e. The van der Waals surface area contributed by atoms with Gasteiger partial charge < -0.3 is 20.5 Å². The first-order valence-corrected chi connectivity index (χ1v) is 12.2. The van der Waals surface area contributed by atoms with Crippen LogP contribution in [-0.2, 0) is 4.74 Å². The van der Waals surface area contributed by atoms with E-state index in [9.17, 15) is 5.11 Å². The molecule has 1 aliphatic heterocycles. The van der Waals surface area contributed by atoms with Gasteiger partial charge in [0, 0.05) is 25.5 Å². The monoisotopic (exact) mass is 454 g/mol. The molecular weight excluding hydrogens is 424 g/mol. The molecule has 0 radical (unpaired) electrons. The Bertz CT molecular complexity index is 1100. The summed E-state index contributed by atoms with van der Waals surface area (Å²) in [4.78, 5) is 19.0. The van der Waals surface area contributed by atoms with Crippen molar-refractivity contribution in [1.29, 1.82) is 0 Å². The summed E-state index contributed by atoms with van der Waals surface area (Å²) < 4.78 is 6.72. The third kappa shape index (κ3) is 4.42. The van der Waals surface area contributed by atoms with Crippen molar-refractivity contribution in [2.75, 3.05) is 30.5 Å². The number of aliphatic hydroxyl groups is 1. The lowest BCUT2D eigenvalue weighted by atomic mass is 10.1. The molecule has 3 aromatic heterocycles. The van der Waals surface area contributed by atoms with Crippen LogP contribution in [0.1, 0.15) is 43.5 Å². The molecule has 0 aromatic carbocycles. The summed E-state index contributed by atoms with van der Waals surface area (Å²) in [5.41, 5.74) is 3.70. The maximum Gasteiger partial charge on any atom is 0.225 e. The molecule has 2 fully saturated rings. The second-order valence-corrected chi connectivity index (χ2v) is 9.91. The second-order valence-electron chi connectivity index (χ2n) is 8.88. The highest BCUT2D eigenvalue weighted by atomic mass is 32.1. The predicted octanol–water partition coefficient (Wildman–Crippen LogP) is 3.93. The molecule has 3 aromatic rings. The number of thiazole rings is 1. The quantitative estimate of drug-likeness (QED) is 0.515. The number of hydrogen-bond donors (Lipinski definition) is 3. The molecule has 4 heterocycles. The highest BCUT2D eigenvalue weighted by molar-refractivity contribution is 7.21. The number of aryl methyl sites for hydroxylation is 2. The van der Waals surface area contributed by atoms with Crippen molar-refractivity contribution in [3.63, 3.8) is 0 Å². The van der Waals surface area contributed by atoms with Gasteiger partial charge in [-0.1, -0.05) is 0 Å². The van der Waals surface area contributed by atoms with E-state index in [1.54, 1.807) is 11.3 Å². The van der Waals surface area contributed by atoms with Crippen LogP contribution in [-0.4, -0.2) is 56.9 Å². The normalized spacial score (nSPS) is 23.5. The Morgan fingerprint density at radius 1 is 1.09 bits per heavy atom. The van der Waals surface area contributed by atoms with Crippen molar-refractivity contribution < 1.29 is 9.84 Å². The Morgan fingerprint density at radius 2 is 2.00 bits per heavy atom. The number of aromatic nitrogens is 4. The molecule has 170 valence electrons. The minimum absolute atomic E-state index is 0.225. The van der Waals surface area contributed by atoms with E-state index in [0.29, 0.717) is 18.5 Å². The number of aliphatic hydroxyl groups excluding tert-OH is 1. The number of ether oxygens (including phenoxy) is 1. The van der Waals surface area contributed by atoms with Gasteiger partial charge in [0.05, 0.1) is 34.3 Å². The van der Waals surface area contributed by atoms with Gasteiger partial charge >= 0.3 is 0 Å². The van der Waals surface area contributed by atoms with Crippen molar-refractivity contribution in [3.05, 3.63) is 23.7 Å². The molecule has 1 saturated heterocycles. The standard InChI is InChI=1S/C23H30N6O2S/c1-13-19(22-28-20-14(2)24-8-7-18(20)32-22)21(26-16-6-5-15(10-16)11-30)29-23(25-13)27-17-4-3-9-31-12-17/h7-8,15-17,30H,3-6,9-12H2,1-2H3,(H2,25,26,27,29).